The summed E-state index contributed by atoms with van der Waals surface area (Å²) in [4.78, 5) is 4.67. The quantitative estimate of drug-likeness (QED) is 0.869. The third kappa shape index (κ3) is 3.44. The SMILES string of the molecule is Cc1noc(C)c1CN1CCN([C@@H](C#N)c2ccccc2)CC1. The van der Waals surface area contributed by atoms with E-state index < -0.39 is 0 Å². The first-order valence-electron chi connectivity index (χ1n) is 8.01. The maximum atomic E-state index is 9.55. The summed E-state index contributed by atoms with van der Waals surface area (Å²) in [6, 6.07) is 12.3. The largest absolute Gasteiger partial charge is 0.361 e. The first kappa shape index (κ1) is 15.7. The second-order valence-corrected chi connectivity index (χ2v) is 6.06. The van der Waals surface area contributed by atoms with Crippen molar-refractivity contribution in [2.24, 2.45) is 0 Å². The molecule has 1 saturated heterocycles. The molecule has 0 bridgehead atoms. The summed E-state index contributed by atoms with van der Waals surface area (Å²) in [5, 5.41) is 13.6. The molecule has 2 aromatic rings. The molecule has 3 rings (SSSR count). The van der Waals surface area contributed by atoms with E-state index in [4.69, 9.17) is 4.52 Å². The van der Waals surface area contributed by atoms with Crippen molar-refractivity contribution in [3.8, 4) is 6.07 Å². The molecule has 23 heavy (non-hydrogen) atoms. The molecule has 0 aliphatic carbocycles. The molecule has 1 aliphatic heterocycles. The van der Waals surface area contributed by atoms with Gasteiger partial charge in [-0.1, -0.05) is 35.5 Å². The first-order chi connectivity index (χ1) is 11.2. The van der Waals surface area contributed by atoms with Gasteiger partial charge in [-0.25, -0.2) is 0 Å². The van der Waals surface area contributed by atoms with E-state index in [1.54, 1.807) is 0 Å². The molecular weight excluding hydrogens is 288 g/mol. The van der Waals surface area contributed by atoms with Gasteiger partial charge in [0.2, 0.25) is 0 Å². The Morgan fingerprint density at radius 1 is 1.17 bits per heavy atom. The summed E-state index contributed by atoms with van der Waals surface area (Å²) in [7, 11) is 0. The van der Waals surface area contributed by atoms with Crippen LogP contribution in [-0.2, 0) is 6.54 Å². The van der Waals surface area contributed by atoms with Gasteiger partial charge in [0.1, 0.15) is 11.8 Å². The lowest BCUT2D eigenvalue weighted by Gasteiger charge is -2.37. The number of rotatable bonds is 4. The molecule has 0 radical (unpaired) electrons. The lowest BCUT2D eigenvalue weighted by atomic mass is 10.1. The van der Waals surface area contributed by atoms with E-state index in [0.29, 0.717) is 0 Å². The third-order valence-electron chi connectivity index (χ3n) is 4.57. The molecule has 0 unspecified atom stereocenters. The van der Waals surface area contributed by atoms with E-state index in [-0.39, 0.29) is 6.04 Å². The normalized spacial score (nSPS) is 17.8. The van der Waals surface area contributed by atoms with Crippen molar-refractivity contribution in [1.82, 2.24) is 15.0 Å². The number of hydrogen-bond acceptors (Lipinski definition) is 5. The van der Waals surface area contributed by atoms with Gasteiger partial charge < -0.3 is 4.52 Å². The summed E-state index contributed by atoms with van der Waals surface area (Å²) >= 11 is 0. The Kier molecular flexibility index (Phi) is 4.75. The number of aromatic nitrogens is 1. The molecular formula is C18H22N4O. The predicted octanol–water partition coefficient (Wildman–Crippen LogP) is 2.67. The Morgan fingerprint density at radius 3 is 2.43 bits per heavy atom. The molecule has 0 spiro atoms. The Labute approximate surface area is 137 Å². The zero-order valence-corrected chi connectivity index (χ0v) is 13.7. The summed E-state index contributed by atoms with van der Waals surface area (Å²) in [6.45, 7) is 8.53. The molecule has 1 aromatic heterocycles. The van der Waals surface area contributed by atoms with E-state index in [2.05, 4.69) is 21.0 Å². The Balaban J connectivity index is 1.61. The second kappa shape index (κ2) is 6.95. The standard InChI is InChI=1S/C18H22N4O/c1-14-17(15(2)23-20-14)13-21-8-10-22(11-9-21)18(12-19)16-6-4-3-5-7-16/h3-7,18H,8-11,13H2,1-2H3/t18-/m0/s1. The van der Waals surface area contributed by atoms with E-state index in [9.17, 15) is 5.26 Å². The van der Waals surface area contributed by atoms with Gasteiger partial charge in [-0.15, -0.1) is 0 Å². The molecule has 1 aromatic carbocycles. The summed E-state index contributed by atoms with van der Waals surface area (Å²) in [6.07, 6.45) is 0. The minimum atomic E-state index is -0.155. The fourth-order valence-electron chi connectivity index (χ4n) is 3.13. The van der Waals surface area contributed by atoms with Crippen LogP contribution in [0.3, 0.4) is 0 Å². The van der Waals surface area contributed by atoms with Gasteiger partial charge >= 0.3 is 0 Å². The van der Waals surface area contributed by atoms with Crippen LogP contribution in [0.5, 0.6) is 0 Å². The highest BCUT2D eigenvalue weighted by molar-refractivity contribution is 5.24. The average molecular weight is 310 g/mol. The van der Waals surface area contributed by atoms with Gasteiger partial charge in [-0.3, -0.25) is 9.80 Å². The summed E-state index contributed by atoms with van der Waals surface area (Å²) < 4.78 is 5.24. The highest BCUT2D eigenvalue weighted by Crippen LogP contribution is 2.22. The molecule has 1 aliphatic rings. The molecule has 120 valence electrons. The molecule has 0 N–H and O–H groups in total. The average Bonchev–Trinajstić information content (AvgIpc) is 2.90. The Hall–Kier alpha value is -2.16. The fraction of sp³-hybridized carbons (Fsp3) is 0.444. The van der Waals surface area contributed by atoms with Gasteiger partial charge in [-0.2, -0.15) is 5.26 Å². The summed E-state index contributed by atoms with van der Waals surface area (Å²) in [5.41, 5.74) is 3.25. The van der Waals surface area contributed by atoms with E-state index in [0.717, 1.165) is 49.7 Å². The number of benzene rings is 1. The fourth-order valence-corrected chi connectivity index (χ4v) is 3.13. The Bertz CT molecular complexity index is 661. The lowest BCUT2D eigenvalue weighted by Crippen LogP contribution is -2.47. The zero-order valence-electron chi connectivity index (χ0n) is 13.7. The monoisotopic (exact) mass is 310 g/mol. The van der Waals surface area contributed by atoms with E-state index in [1.807, 2.05) is 44.2 Å². The van der Waals surface area contributed by atoms with E-state index in [1.165, 1.54) is 5.56 Å². The smallest absolute Gasteiger partial charge is 0.138 e. The highest BCUT2D eigenvalue weighted by Gasteiger charge is 2.25. The van der Waals surface area contributed by atoms with Crippen LogP contribution >= 0.6 is 0 Å². The molecule has 0 saturated carbocycles. The van der Waals surface area contributed by atoms with Crippen molar-refractivity contribution in [2.75, 3.05) is 26.2 Å². The maximum absolute atomic E-state index is 9.55. The van der Waals surface area contributed by atoms with Crippen molar-refractivity contribution in [1.29, 1.82) is 5.26 Å². The molecule has 1 atom stereocenters. The third-order valence-corrected chi connectivity index (χ3v) is 4.57. The minimum absolute atomic E-state index is 0.155. The van der Waals surface area contributed by atoms with Gasteiger partial charge in [-0.05, 0) is 19.4 Å². The van der Waals surface area contributed by atoms with E-state index >= 15 is 0 Å². The number of hydrogen-bond donors (Lipinski definition) is 0. The maximum Gasteiger partial charge on any atom is 0.138 e. The van der Waals surface area contributed by atoms with Gasteiger partial charge in [0, 0.05) is 38.3 Å². The van der Waals surface area contributed by atoms with Crippen molar-refractivity contribution in [2.45, 2.75) is 26.4 Å². The zero-order chi connectivity index (χ0) is 16.2. The van der Waals surface area contributed by atoms with Crippen LogP contribution in [0.2, 0.25) is 0 Å². The number of nitrogens with zero attached hydrogens (tertiary/aromatic N) is 4. The highest BCUT2D eigenvalue weighted by atomic mass is 16.5. The van der Waals surface area contributed by atoms with Crippen LogP contribution in [0, 0.1) is 25.2 Å². The van der Waals surface area contributed by atoms with Crippen molar-refractivity contribution in [3.63, 3.8) is 0 Å². The van der Waals surface area contributed by atoms with Gasteiger partial charge in [0.05, 0.1) is 11.8 Å². The molecule has 2 heterocycles. The minimum Gasteiger partial charge on any atom is -0.361 e. The van der Waals surface area contributed by atoms with Gasteiger partial charge in [0.15, 0.2) is 0 Å². The molecule has 0 amide bonds. The number of nitriles is 1. The van der Waals surface area contributed by atoms with Gasteiger partial charge in [0.25, 0.3) is 0 Å². The van der Waals surface area contributed by atoms with Crippen LogP contribution < -0.4 is 0 Å². The van der Waals surface area contributed by atoms with Crippen LogP contribution in [-0.4, -0.2) is 41.1 Å². The van der Waals surface area contributed by atoms with Crippen LogP contribution in [0.15, 0.2) is 34.9 Å². The van der Waals surface area contributed by atoms with Crippen molar-refractivity contribution < 1.29 is 4.52 Å². The number of piperazine rings is 1. The molecule has 1 fully saturated rings. The lowest BCUT2D eigenvalue weighted by molar-refractivity contribution is 0.109. The predicted molar refractivity (Wildman–Crippen MR) is 87.6 cm³/mol. The number of aryl methyl sites for hydroxylation is 2. The topological polar surface area (TPSA) is 56.3 Å². The molecule has 5 nitrogen and oxygen atoms in total. The molecule has 5 heteroatoms. The summed E-state index contributed by atoms with van der Waals surface area (Å²) in [5.74, 6) is 0.907. The van der Waals surface area contributed by atoms with Crippen LogP contribution in [0.25, 0.3) is 0 Å². The van der Waals surface area contributed by atoms with Crippen molar-refractivity contribution >= 4 is 0 Å². The Morgan fingerprint density at radius 2 is 1.87 bits per heavy atom. The van der Waals surface area contributed by atoms with Crippen LogP contribution in [0.1, 0.15) is 28.6 Å². The van der Waals surface area contributed by atoms with Crippen LogP contribution in [0.4, 0.5) is 0 Å². The second-order valence-electron chi connectivity index (χ2n) is 6.06. The first-order valence-corrected chi connectivity index (χ1v) is 8.01. The van der Waals surface area contributed by atoms with Crippen molar-refractivity contribution in [3.05, 3.63) is 52.9 Å².